The van der Waals surface area contributed by atoms with E-state index in [9.17, 15) is 17.6 Å². The van der Waals surface area contributed by atoms with Crippen molar-refractivity contribution in [3.8, 4) is 28.4 Å². The van der Waals surface area contributed by atoms with Gasteiger partial charge in [0.25, 0.3) is 0 Å². The fourth-order valence-electron chi connectivity index (χ4n) is 3.49. The molecule has 0 atom stereocenters. The molecule has 0 N–H and O–H groups in total. The number of rotatable bonds is 6. The second kappa shape index (κ2) is 8.59. The van der Waals surface area contributed by atoms with E-state index in [-0.39, 0.29) is 16.2 Å². The fourth-order valence-corrected chi connectivity index (χ4v) is 4.41. The Labute approximate surface area is 189 Å². The number of ether oxygens (including phenoxy) is 2. The molecule has 0 aliphatic heterocycles. The monoisotopic (exact) mass is 470 g/mol. The van der Waals surface area contributed by atoms with Crippen LogP contribution >= 0.6 is 0 Å². The minimum Gasteiger partial charge on any atom is -0.493 e. The molecule has 0 aliphatic carbocycles. The van der Waals surface area contributed by atoms with Crippen molar-refractivity contribution >= 4 is 21.1 Å². The summed E-state index contributed by atoms with van der Waals surface area (Å²) in [4.78, 5) is 12.6. The smallest absolute Gasteiger partial charge is 0.344 e. The maximum Gasteiger partial charge on any atom is 0.344 e. The van der Waals surface area contributed by atoms with Gasteiger partial charge in [-0.25, -0.2) is 9.18 Å². The minimum absolute atomic E-state index is 0.0479. The number of benzene rings is 3. The Morgan fingerprint density at radius 3 is 2.24 bits per heavy atom. The second-order valence-electron chi connectivity index (χ2n) is 7.11. The van der Waals surface area contributed by atoms with Crippen molar-refractivity contribution < 1.29 is 30.9 Å². The van der Waals surface area contributed by atoms with Crippen LogP contribution in [-0.4, -0.2) is 22.6 Å². The molecule has 3 aromatic carbocycles. The normalized spacial score (nSPS) is 11.4. The first kappa shape index (κ1) is 22.3. The molecule has 9 heteroatoms. The van der Waals surface area contributed by atoms with E-state index >= 15 is 0 Å². The van der Waals surface area contributed by atoms with Crippen molar-refractivity contribution in [1.82, 2.24) is 0 Å². The Morgan fingerprint density at radius 1 is 0.879 bits per heavy atom. The van der Waals surface area contributed by atoms with Crippen LogP contribution in [0, 0.1) is 12.7 Å². The highest BCUT2D eigenvalue weighted by atomic mass is 32.2. The van der Waals surface area contributed by atoms with E-state index in [2.05, 4.69) is 0 Å². The fraction of sp³-hybridized carbons (Fsp3) is 0.125. The Bertz CT molecular complexity index is 1510. The molecule has 0 fully saturated rings. The zero-order valence-electron chi connectivity index (χ0n) is 17.9. The zero-order chi connectivity index (χ0) is 23.8. The van der Waals surface area contributed by atoms with Crippen LogP contribution in [0.4, 0.5) is 4.39 Å². The van der Waals surface area contributed by atoms with Crippen molar-refractivity contribution in [3.63, 3.8) is 0 Å². The molecular weight excluding hydrogens is 451 g/mol. The molecule has 0 bridgehead atoms. The summed E-state index contributed by atoms with van der Waals surface area (Å²) in [5.41, 5.74) is 1.12. The molecule has 170 valence electrons. The van der Waals surface area contributed by atoms with E-state index in [0.29, 0.717) is 33.6 Å². The number of fused-ring (bicyclic) bond motifs is 1. The molecule has 33 heavy (non-hydrogen) atoms. The molecular formula is C24H19FO7S. The highest BCUT2D eigenvalue weighted by Crippen LogP contribution is 2.35. The largest absolute Gasteiger partial charge is 0.493 e. The van der Waals surface area contributed by atoms with E-state index in [1.165, 1.54) is 26.4 Å². The number of methoxy groups -OCH3 is 2. The third-order valence-electron chi connectivity index (χ3n) is 5.12. The van der Waals surface area contributed by atoms with Crippen molar-refractivity contribution in [1.29, 1.82) is 0 Å². The van der Waals surface area contributed by atoms with Crippen molar-refractivity contribution in [2.75, 3.05) is 14.2 Å². The number of halogens is 1. The van der Waals surface area contributed by atoms with Crippen LogP contribution in [0.1, 0.15) is 5.56 Å². The van der Waals surface area contributed by atoms with Gasteiger partial charge in [-0.15, -0.1) is 0 Å². The molecule has 0 saturated heterocycles. The standard InChI is InChI=1S/C24H19FO7S/c1-14-19-10-7-17(32-33(27,28)18-8-5-16(25)6-9-18)13-21(19)31-24(26)23(14)15-4-11-20(29-2)22(12-15)30-3/h4-13H,1-3H3. The summed E-state index contributed by atoms with van der Waals surface area (Å²) < 4.78 is 59.2. The van der Waals surface area contributed by atoms with Gasteiger partial charge in [-0.2, -0.15) is 8.42 Å². The third kappa shape index (κ3) is 4.27. The van der Waals surface area contributed by atoms with Crippen molar-refractivity contribution in [2.24, 2.45) is 0 Å². The van der Waals surface area contributed by atoms with E-state index < -0.39 is 21.6 Å². The van der Waals surface area contributed by atoms with Gasteiger partial charge in [0.05, 0.1) is 19.8 Å². The van der Waals surface area contributed by atoms with Gasteiger partial charge in [0.2, 0.25) is 0 Å². The molecule has 4 aromatic rings. The first-order valence-corrected chi connectivity index (χ1v) is 11.1. The zero-order valence-corrected chi connectivity index (χ0v) is 18.7. The average molecular weight is 470 g/mol. The van der Waals surface area contributed by atoms with Gasteiger partial charge in [-0.05, 0) is 66.6 Å². The molecule has 1 heterocycles. The topological polar surface area (TPSA) is 92.0 Å². The summed E-state index contributed by atoms with van der Waals surface area (Å²) in [7, 11) is -1.18. The van der Waals surface area contributed by atoms with E-state index in [1.807, 2.05) is 0 Å². The van der Waals surface area contributed by atoms with Crippen LogP contribution in [0.25, 0.3) is 22.1 Å². The minimum atomic E-state index is -4.20. The van der Waals surface area contributed by atoms with Crippen LogP contribution in [0.2, 0.25) is 0 Å². The Morgan fingerprint density at radius 2 is 1.58 bits per heavy atom. The molecule has 0 amide bonds. The molecule has 0 spiro atoms. The first-order chi connectivity index (χ1) is 15.7. The van der Waals surface area contributed by atoms with Crippen LogP contribution in [-0.2, 0) is 10.1 Å². The van der Waals surface area contributed by atoms with Crippen LogP contribution in [0.15, 0.2) is 74.8 Å². The lowest BCUT2D eigenvalue weighted by atomic mass is 9.99. The van der Waals surface area contributed by atoms with Crippen molar-refractivity contribution in [3.05, 3.63) is 82.5 Å². The van der Waals surface area contributed by atoms with Gasteiger partial charge in [-0.3, -0.25) is 0 Å². The lowest BCUT2D eigenvalue weighted by Gasteiger charge is -2.12. The Balaban J connectivity index is 1.75. The van der Waals surface area contributed by atoms with Gasteiger partial charge in [-0.1, -0.05) is 6.07 Å². The number of hydrogen-bond donors (Lipinski definition) is 0. The summed E-state index contributed by atoms with van der Waals surface area (Å²) in [6.07, 6.45) is 0. The number of aryl methyl sites for hydroxylation is 1. The molecule has 1 aromatic heterocycles. The van der Waals surface area contributed by atoms with Crippen molar-refractivity contribution in [2.45, 2.75) is 11.8 Å². The second-order valence-corrected chi connectivity index (χ2v) is 8.65. The van der Waals surface area contributed by atoms with Gasteiger partial charge >= 0.3 is 15.7 Å². The van der Waals surface area contributed by atoms with Crippen LogP contribution in [0.5, 0.6) is 17.2 Å². The average Bonchev–Trinajstić information content (AvgIpc) is 2.78. The first-order valence-electron chi connectivity index (χ1n) is 9.73. The molecule has 0 saturated carbocycles. The lowest BCUT2D eigenvalue weighted by Crippen LogP contribution is -2.10. The van der Waals surface area contributed by atoms with Gasteiger partial charge in [0, 0.05) is 11.5 Å². The molecule has 7 nitrogen and oxygen atoms in total. The van der Waals surface area contributed by atoms with Gasteiger partial charge in [0.1, 0.15) is 22.0 Å². The highest BCUT2D eigenvalue weighted by molar-refractivity contribution is 7.87. The number of hydrogen-bond acceptors (Lipinski definition) is 7. The molecule has 4 rings (SSSR count). The summed E-state index contributed by atoms with van der Waals surface area (Å²) in [5.74, 6) is 0.368. The highest BCUT2D eigenvalue weighted by Gasteiger charge is 2.19. The molecule has 0 radical (unpaired) electrons. The SMILES string of the molecule is COc1ccc(-c2c(C)c3ccc(OS(=O)(=O)c4ccc(F)cc4)cc3oc2=O)cc1OC. The van der Waals surface area contributed by atoms with Gasteiger partial charge < -0.3 is 18.1 Å². The molecule has 0 unspecified atom stereocenters. The van der Waals surface area contributed by atoms with Crippen LogP contribution < -0.4 is 19.3 Å². The Kier molecular flexibility index (Phi) is 5.82. The van der Waals surface area contributed by atoms with E-state index in [0.717, 1.165) is 24.3 Å². The predicted molar refractivity (Wildman–Crippen MR) is 120 cm³/mol. The predicted octanol–water partition coefficient (Wildman–Crippen LogP) is 4.69. The van der Waals surface area contributed by atoms with E-state index in [1.54, 1.807) is 31.2 Å². The van der Waals surface area contributed by atoms with Crippen LogP contribution in [0.3, 0.4) is 0 Å². The lowest BCUT2D eigenvalue weighted by molar-refractivity contribution is 0.355. The molecule has 0 aliphatic rings. The quantitative estimate of drug-likeness (QED) is 0.298. The Hall–Kier alpha value is -3.85. The summed E-state index contributed by atoms with van der Waals surface area (Å²) in [5, 5.41) is 0.603. The van der Waals surface area contributed by atoms with Gasteiger partial charge in [0.15, 0.2) is 11.5 Å². The van der Waals surface area contributed by atoms with E-state index in [4.69, 9.17) is 18.1 Å². The maximum absolute atomic E-state index is 13.1. The maximum atomic E-state index is 13.1. The third-order valence-corrected chi connectivity index (χ3v) is 6.38. The summed E-state index contributed by atoms with van der Waals surface area (Å²) in [6.45, 7) is 1.76. The summed E-state index contributed by atoms with van der Waals surface area (Å²) in [6, 6.07) is 13.7. The summed E-state index contributed by atoms with van der Waals surface area (Å²) >= 11 is 0.